The van der Waals surface area contributed by atoms with Crippen molar-refractivity contribution in [1.29, 1.82) is 0 Å². The van der Waals surface area contributed by atoms with E-state index in [0.29, 0.717) is 29.1 Å². The summed E-state index contributed by atoms with van der Waals surface area (Å²) in [5, 5.41) is 4.31. The van der Waals surface area contributed by atoms with Crippen molar-refractivity contribution in [2.24, 2.45) is 0 Å². The SMILES string of the molecule is CCn1ncc(-c2ccc3c(c2C)C(OC)CC(=C=O)S3(=O)=O)c1OCC(C)=O. The van der Waals surface area contributed by atoms with Crippen molar-refractivity contribution in [3.63, 3.8) is 0 Å². The quantitative estimate of drug-likeness (QED) is 0.664. The van der Waals surface area contributed by atoms with E-state index in [1.807, 2.05) is 6.92 Å². The third kappa shape index (κ3) is 3.53. The first-order valence-corrected chi connectivity index (χ1v) is 10.6. The van der Waals surface area contributed by atoms with Gasteiger partial charge in [0.05, 0.1) is 22.8 Å². The van der Waals surface area contributed by atoms with Crippen LogP contribution in [0.25, 0.3) is 11.1 Å². The van der Waals surface area contributed by atoms with E-state index >= 15 is 0 Å². The molecule has 0 aliphatic carbocycles. The first-order chi connectivity index (χ1) is 13.8. The normalized spacial score (nSPS) is 17.5. The van der Waals surface area contributed by atoms with Gasteiger partial charge in [-0.25, -0.2) is 17.9 Å². The van der Waals surface area contributed by atoms with Gasteiger partial charge in [0, 0.05) is 25.6 Å². The highest BCUT2D eigenvalue weighted by Gasteiger charge is 2.37. The second kappa shape index (κ2) is 7.94. The minimum Gasteiger partial charge on any atom is -0.469 e. The van der Waals surface area contributed by atoms with Crippen LogP contribution in [-0.4, -0.2) is 43.6 Å². The van der Waals surface area contributed by atoms with E-state index in [0.717, 1.165) is 5.56 Å². The van der Waals surface area contributed by atoms with Gasteiger partial charge in [0.1, 0.15) is 17.5 Å². The van der Waals surface area contributed by atoms with E-state index in [1.54, 1.807) is 29.8 Å². The second-order valence-corrected chi connectivity index (χ2v) is 8.72. The first-order valence-electron chi connectivity index (χ1n) is 9.10. The van der Waals surface area contributed by atoms with Gasteiger partial charge in [0.15, 0.2) is 5.78 Å². The molecular weight excluding hydrogens is 396 g/mol. The minimum absolute atomic E-state index is 0.0456. The lowest BCUT2D eigenvalue weighted by Crippen LogP contribution is -2.21. The van der Waals surface area contributed by atoms with Crippen molar-refractivity contribution >= 4 is 21.6 Å². The molecule has 1 aliphatic rings. The zero-order valence-corrected chi connectivity index (χ0v) is 17.5. The van der Waals surface area contributed by atoms with Crippen molar-refractivity contribution in [2.75, 3.05) is 13.7 Å². The highest BCUT2D eigenvalue weighted by atomic mass is 32.2. The maximum Gasteiger partial charge on any atom is 0.220 e. The fraction of sp³-hybridized carbons (Fsp3) is 0.400. The summed E-state index contributed by atoms with van der Waals surface area (Å²) in [5.74, 6) is 1.86. The lowest BCUT2D eigenvalue weighted by molar-refractivity contribution is -0.119. The van der Waals surface area contributed by atoms with Gasteiger partial charge in [-0.05, 0) is 38.0 Å². The van der Waals surface area contributed by atoms with Gasteiger partial charge in [-0.3, -0.25) is 4.79 Å². The molecule has 0 fully saturated rings. The summed E-state index contributed by atoms with van der Waals surface area (Å²) >= 11 is 0. The number of Topliss-reactive ketones (excluding diaryl/α,β-unsaturated/α-hetero) is 1. The summed E-state index contributed by atoms with van der Waals surface area (Å²) in [6.07, 6.45) is 0.971. The van der Waals surface area contributed by atoms with Gasteiger partial charge >= 0.3 is 0 Å². The molecule has 0 saturated carbocycles. The van der Waals surface area contributed by atoms with Gasteiger partial charge < -0.3 is 9.47 Å². The zero-order chi connectivity index (χ0) is 21.3. The number of nitrogens with zero attached hydrogens (tertiary/aromatic N) is 2. The lowest BCUT2D eigenvalue weighted by atomic mass is 9.93. The fourth-order valence-corrected chi connectivity index (χ4v) is 5.11. The van der Waals surface area contributed by atoms with E-state index in [9.17, 15) is 18.0 Å². The van der Waals surface area contributed by atoms with Crippen LogP contribution >= 0.6 is 0 Å². The Labute approximate surface area is 169 Å². The Morgan fingerprint density at radius 3 is 2.66 bits per heavy atom. The highest BCUT2D eigenvalue weighted by molar-refractivity contribution is 7.95. The molecule has 0 spiro atoms. The maximum absolute atomic E-state index is 12.8. The average Bonchev–Trinajstić information content (AvgIpc) is 3.09. The summed E-state index contributed by atoms with van der Waals surface area (Å²) in [6, 6.07) is 3.12. The lowest BCUT2D eigenvalue weighted by Gasteiger charge is -2.27. The molecule has 1 unspecified atom stereocenters. The Morgan fingerprint density at radius 1 is 1.34 bits per heavy atom. The summed E-state index contributed by atoms with van der Waals surface area (Å²) in [6.45, 7) is 5.58. The summed E-state index contributed by atoms with van der Waals surface area (Å²) in [7, 11) is -2.44. The maximum atomic E-state index is 12.8. The number of benzene rings is 1. The molecule has 9 heteroatoms. The van der Waals surface area contributed by atoms with Crippen LogP contribution in [0.1, 0.15) is 37.5 Å². The van der Waals surface area contributed by atoms with Crippen molar-refractivity contribution < 1.29 is 27.5 Å². The first kappa shape index (κ1) is 21.0. The van der Waals surface area contributed by atoms with E-state index in [4.69, 9.17) is 9.47 Å². The van der Waals surface area contributed by atoms with Crippen LogP contribution in [0.4, 0.5) is 0 Å². The molecule has 1 atom stereocenters. The number of carbonyl (C=O) groups excluding carboxylic acids is 2. The Balaban J connectivity index is 2.22. The molecule has 2 heterocycles. The van der Waals surface area contributed by atoms with Crippen molar-refractivity contribution in [3.8, 4) is 17.0 Å². The third-order valence-electron chi connectivity index (χ3n) is 4.97. The van der Waals surface area contributed by atoms with E-state index in [-0.39, 0.29) is 28.6 Å². The van der Waals surface area contributed by atoms with Crippen LogP contribution < -0.4 is 4.74 Å². The summed E-state index contributed by atoms with van der Waals surface area (Å²) in [5.41, 5.74) is 2.56. The van der Waals surface area contributed by atoms with Crippen LogP contribution in [-0.2, 0) is 30.7 Å². The number of carbonyl (C=O) groups is 1. The second-order valence-electron chi connectivity index (χ2n) is 6.78. The van der Waals surface area contributed by atoms with E-state index in [2.05, 4.69) is 5.10 Å². The molecule has 154 valence electrons. The number of aromatic nitrogens is 2. The molecule has 0 amide bonds. The Morgan fingerprint density at radius 2 is 2.07 bits per heavy atom. The molecule has 0 bridgehead atoms. The number of fused-ring (bicyclic) bond motifs is 1. The van der Waals surface area contributed by atoms with Crippen molar-refractivity contribution in [3.05, 3.63) is 34.4 Å². The monoisotopic (exact) mass is 418 g/mol. The zero-order valence-electron chi connectivity index (χ0n) is 16.7. The number of aryl methyl sites for hydroxylation is 1. The number of rotatable bonds is 6. The fourth-order valence-electron chi connectivity index (χ4n) is 3.55. The predicted octanol–water partition coefficient (Wildman–Crippen LogP) is 2.43. The third-order valence-corrected chi connectivity index (χ3v) is 6.81. The number of ether oxygens (including phenoxy) is 2. The van der Waals surface area contributed by atoms with Gasteiger partial charge in [0.25, 0.3) is 0 Å². The smallest absolute Gasteiger partial charge is 0.220 e. The van der Waals surface area contributed by atoms with Crippen LogP contribution in [0.5, 0.6) is 5.88 Å². The molecule has 1 aromatic heterocycles. The average molecular weight is 418 g/mol. The molecule has 29 heavy (non-hydrogen) atoms. The predicted molar refractivity (Wildman–Crippen MR) is 105 cm³/mol. The molecule has 3 rings (SSSR count). The van der Waals surface area contributed by atoms with Crippen LogP contribution in [0, 0.1) is 6.92 Å². The number of hydrogen-bond donors (Lipinski definition) is 0. The molecule has 0 radical (unpaired) electrons. The molecular formula is C20H22N2O6S. The van der Waals surface area contributed by atoms with Gasteiger partial charge in [-0.2, -0.15) is 5.10 Å². The standard InChI is InChI=1S/C20H22N2O6S/c1-5-22-20(28-11-12(2)24)16(9-21-22)15-6-7-18-19(13(15)3)17(27-4)8-14(10-23)29(18,25)26/h6-7,9,17H,5,8,11H2,1-4H3. The minimum atomic E-state index is -3.91. The van der Waals surface area contributed by atoms with Crippen LogP contribution in [0.2, 0.25) is 0 Å². The van der Waals surface area contributed by atoms with E-state index < -0.39 is 15.9 Å². The van der Waals surface area contributed by atoms with Crippen LogP contribution in [0.3, 0.4) is 0 Å². The molecule has 2 aromatic rings. The van der Waals surface area contributed by atoms with Gasteiger partial charge in [0.2, 0.25) is 15.7 Å². The Kier molecular flexibility index (Phi) is 5.75. The topological polar surface area (TPSA) is 105 Å². The number of hydrogen-bond acceptors (Lipinski definition) is 7. The van der Waals surface area contributed by atoms with Gasteiger partial charge in [-0.1, -0.05) is 6.07 Å². The van der Waals surface area contributed by atoms with Crippen molar-refractivity contribution in [1.82, 2.24) is 9.78 Å². The summed E-state index contributed by atoms with van der Waals surface area (Å²) in [4.78, 5) is 22.3. The highest BCUT2D eigenvalue weighted by Crippen LogP contribution is 2.44. The summed E-state index contributed by atoms with van der Waals surface area (Å²) < 4.78 is 38.3. The Bertz CT molecular complexity index is 1130. The number of methoxy groups -OCH3 is 1. The molecule has 1 aromatic carbocycles. The molecule has 8 nitrogen and oxygen atoms in total. The molecule has 0 N–H and O–H groups in total. The van der Waals surface area contributed by atoms with E-state index in [1.165, 1.54) is 20.1 Å². The molecule has 1 aliphatic heterocycles. The number of ketones is 1. The molecule has 0 saturated heterocycles. The van der Waals surface area contributed by atoms with Crippen LogP contribution in [0.15, 0.2) is 28.1 Å². The van der Waals surface area contributed by atoms with Crippen molar-refractivity contribution in [2.45, 2.75) is 44.7 Å². The van der Waals surface area contributed by atoms with Gasteiger partial charge in [-0.15, -0.1) is 0 Å². The number of sulfone groups is 1. The largest absolute Gasteiger partial charge is 0.469 e. The Hall–Kier alpha value is -2.74.